The highest BCUT2D eigenvalue weighted by Gasteiger charge is 1.96. The molecular formula is C7H7NO2. The van der Waals surface area contributed by atoms with E-state index in [0.29, 0.717) is 0 Å². The molecule has 0 spiro atoms. The molecule has 0 amide bonds. The maximum atomic E-state index is 10.2. The van der Waals surface area contributed by atoms with Crippen molar-refractivity contribution >= 4 is 5.97 Å². The van der Waals surface area contributed by atoms with Crippen LogP contribution in [0.5, 0.6) is 0 Å². The van der Waals surface area contributed by atoms with Crippen molar-refractivity contribution in [1.29, 1.82) is 5.26 Å². The van der Waals surface area contributed by atoms with Crippen molar-refractivity contribution in [2.45, 2.75) is 6.92 Å². The third-order valence-electron chi connectivity index (χ3n) is 0.633. The number of hydrogen-bond acceptors (Lipinski definition) is 3. The number of carbonyl (C=O) groups excluding carboxylic acids is 1. The van der Waals surface area contributed by atoms with Gasteiger partial charge in [0.05, 0.1) is 0 Å². The largest absolute Gasteiger partial charge is 0.415 e. The van der Waals surface area contributed by atoms with Crippen LogP contribution >= 0.6 is 0 Å². The van der Waals surface area contributed by atoms with Crippen LogP contribution in [-0.2, 0) is 9.53 Å². The number of nitriles is 1. The highest BCUT2D eigenvalue weighted by molar-refractivity contribution is 5.68. The molecule has 0 rings (SSSR count). The molecule has 0 N–H and O–H groups in total. The van der Waals surface area contributed by atoms with Crippen LogP contribution in [0, 0.1) is 11.3 Å². The molecule has 0 aromatic rings. The Morgan fingerprint density at radius 1 is 1.80 bits per heavy atom. The van der Waals surface area contributed by atoms with E-state index in [-0.39, 0.29) is 5.76 Å². The van der Waals surface area contributed by atoms with Gasteiger partial charge in [0.25, 0.3) is 0 Å². The van der Waals surface area contributed by atoms with Crippen LogP contribution in [0.1, 0.15) is 6.92 Å². The van der Waals surface area contributed by atoms with Crippen LogP contribution in [0.3, 0.4) is 0 Å². The summed E-state index contributed by atoms with van der Waals surface area (Å²) in [6.07, 6.45) is 2.70. The number of allylic oxidation sites excluding steroid dienone is 3. The van der Waals surface area contributed by atoms with Gasteiger partial charge in [-0.05, 0) is 6.08 Å². The normalized spacial score (nSPS) is 9.80. The van der Waals surface area contributed by atoms with Gasteiger partial charge >= 0.3 is 5.97 Å². The second kappa shape index (κ2) is 4.33. The Kier molecular flexibility index (Phi) is 3.66. The average molecular weight is 137 g/mol. The molecule has 0 heterocycles. The quantitative estimate of drug-likeness (QED) is 0.248. The molecule has 52 valence electrons. The third-order valence-corrected chi connectivity index (χ3v) is 0.633. The molecule has 10 heavy (non-hydrogen) atoms. The van der Waals surface area contributed by atoms with Gasteiger partial charge in [-0.25, -0.2) is 0 Å². The number of nitrogens with zero attached hydrogens (tertiary/aromatic N) is 1. The zero-order chi connectivity index (χ0) is 7.98. The van der Waals surface area contributed by atoms with Crippen molar-refractivity contribution in [1.82, 2.24) is 0 Å². The average Bonchev–Trinajstić information content (AvgIpc) is 1.86. The Labute approximate surface area is 59.2 Å². The summed E-state index contributed by atoms with van der Waals surface area (Å²) in [4.78, 5) is 10.2. The Morgan fingerprint density at radius 3 is 2.70 bits per heavy atom. The van der Waals surface area contributed by atoms with Crippen LogP contribution in [0.15, 0.2) is 24.5 Å². The molecule has 0 saturated heterocycles. The molecule has 0 radical (unpaired) electrons. The van der Waals surface area contributed by atoms with Crippen molar-refractivity contribution in [3.05, 3.63) is 24.5 Å². The summed E-state index contributed by atoms with van der Waals surface area (Å²) in [7, 11) is 0. The molecule has 0 bridgehead atoms. The van der Waals surface area contributed by atoms with Crippen molar-refractivity contribution in [2.24, 2.45) is 0 Å². The van der Waals surface area contributed by atoms with E-state index in [4.69, 9.17) is 5.26 Å². The second-order valence-corrected chi connectivity index (χ2v) is 1.47. The lowest BCUT2D eigenvalue weighted by molar-refractivity contribution is -0.136. The van der Waals surface area contributed by atoms with E-state index in [9.17, 15) is 4.79 Å². The van der Waals surface area contributed by atoms with Gasteiger partial charge in [0.1, 0.15) is 6.07 Å². The maximum absolute atomic E-state index is 10.2. The molecule has 0 saturated carbocycles. The Bertz CT molecular complexity index is 210. The summed E-state index contributed by atoms with van der Waals surface area (Å²) in [6, 6.07) is 1.68. The van der Waals surface area contributed by atoms with Crippen molar-refractivity contribution < 1.29 is 9.53 Å². The van der Waals surface area contributed by atoms with Crippen LogP contribution in [-0.4, -0.2) is 5.97 Å². The molecular weight excluding hydrogens is 130 g/mol. The van der Waals surface area contributed by atoms with Crippen LogP contribution < -0.4 is 0 Å². The minimum absolute atomic E-state index is 0.0394. The van der Waals surface area contributed by atoms with E-state index in [1.807, 2.05) is 0 Å². The molecule has 0 aromatic carbocycles. The van der Waals surface area contributed by atoms with Crippen LogP contribution in [0.4, 0.5) is 0 Å². The molecule has 0 aromatic heterocycles. The number of ether oxygens (including phenoxy) is 1. The molecule has 3 heteroatoms. The zero-order valence-corrected chi connectivity index (χ0v) is 5.63. The van der Waals surface area contributed by atoms with Gasteiger partial charge in [-0.2, -0.15) is 5.26 Å². The molecule has 0 atom stereocenters. The first-order chi connectivity index (χ1) is 4.70. The van der Waals surface area contributed by atoms with Crippen molar-refractivity contribution in [3.63, 3.8) is 0 Å². The summed E-state index contributed by atoms with van der Waals surface area (Å²) in [6.45, 7) is 4.57. The fourth-order valence-electron chi connectivity index (χ4n) is 0.356. The van der Waals surface area contributed by atoms with E-state index in [1.54, 1.807) is 6.07 Å². The highest BCUT2D eigenvalue weighted by atomic mass is 16.5. The van der Waals surface area contributed by atoms with Gasteiger partial charge < -0.3 is 4.74 Å². The van der Waals surface area contributed by atoms with E-state index in [2.05, 4.69) is 11.3 Å². The van der Waals surface area contributed by atoms with Gasteiger partial charge in [-0.1, -0.05) is 12.7 Å². The van der Waals surface area contributed by atoms with Gasteiger partial charge in [0.2, 0.25) is 5.76 Å². The molecule has 0 aliphatic carbocycles. The van der Waals surface area contributed by atoms with Crippen molar-refractivity contribution in [2.75, 3.05) is 0 Å². The fraction of sp³-hybridized carbons (Fsp3) is 0.143. The van der Waals surface area contributed by atoms with Crippen molar-refractivity contribution in [3.8, 4) is 6.07 Å². The molecule has 0 aliphatic heterocycles. The first-order valence-corrected chi connectivity index (χ1v) is 2.62. The van der Waals surface area contributed by atoms with Gasteiger partial charge in [0, 0.05) is 6.92 Å². The Hall–Kier alpha value is -1.56. The van der Waals surface area contributed by atoms with Gasteiger partial charge in [0.15, 0.2) is 0 Å². The van der Waals surface area contributed by atoms with Crippen LogP contribution in [0.25, 0.3) is 0 Å². The monoisotopic (exact) mass is 137 g/mol. The third kappa shape index (κ3) is 3.44. The van der Waals surface area contributed by atoms with Gasteiger partial charge in [-0.15, -0.1) is 0 Å². The van der Waals surface area contributed by atoms with E-state index < -0.39 is 5.97 Å². The lowest BCUT2D eigenvalue weighted by Crippen LogP contribution is -1.96. The van der Waals surface area contributed by atoms with Crippen LogP contribution in [0.2, 0.25) is 0 Å². The number of esters is 1. The summed E-state index contributed by atoms with van der Waals surface area (Å²) in [5.41, 5.74) is 0. The molecule has 0 unspecified atom stereocenters. The summed E-state index contributed by atoms with van der Waals surface area (Å²) in [5, 5.41) is 8.26. The maximum Gasteiger partial charge on any atom is 0.308 e. The summed E-state index contributed by atoms with van der Waals surface area (Å²) >= 11 is 0. The minimum Gasteiger partial charge on any atom is -0.415 e. The zero-order valence-electron chi connectivity index (χ0n) is 5.63. The first-order valence-electron chi connectivity index (χ1n) is 2.62. The lowest BCUT2D eigenvalue weighted by Gasteiger charge is -1.93. The summed E-state index contributed by atoms with van der Waals surface area (Å²) < 4.78 is 4.43. The SMILES string of the molecule is C=CC=C(C#N)OC(C)=O. The standard InChI is InChI=1S/C7H7NO2/c1-3-4-7(5-8)10-6(2)9/h3-4H,1H2,2H3. The second-order valence-electron chi connectivity index (χ2n) is 1.47. The predicted molar refractivity (Wildman–Crippen MR) is 35.7 cm³/mol. The summed E-state index contributed by atoms with van der Waals surface area (Å²) in [5.74, 6) is -0.544. The molecule has 0 aliphatic rings. The van der Waals surface area contributed by atoms with E-state index in [1.165, 1.54) is 19.1 Å². The van der Waals surface area contributed by atoms with Gasteiger partial charge in [-0.3, -0.25) is 4.79 Å². The molecule has 3 nitrogen and oxygen atoms in total. The lowest BCUT2D eigenvalue weighted by atomic mass is 10.4. The number of rotatable bonds is 2. The Morgan fingerprint density at radius 2 is 2.40 bits per heavy atom. The van der Waals surface area contributed by atoms with E-state index in [0.717, 1.165) is 0 Å². The Balaban J connectivity index is 4.12. The topological polar surface area (TPSA) is 50.1 Å². The first kappa shape index (κ1) is 8.44. The predicted octanol–water partition coefficient (Wildman–Crippen LogP) is 1.14. The van der Waals surface area contributed by atoms with E-state index >= 15 is 0 Å². The number of carbonyl (C=O) groups is 1. The highest BCUT2D eigenvalue weighted by Crippen LogP contribution is 1.94. The smallest absolute Gasteiger partial charge is 0.308 e. The fourth-order valence-corrected chi connectivity index (χ4v) is 0.356. The molecule has 0 fully saturated rings. The minimum atomic E-state index is -0.505. The number of hydrogen-bond donors (Lipinski definition) is 0.